The number of fused-ring (bicyclic) bond motifs is 1. The summed E-state index contributed by atoms with van der Waals surface area (Å²) in [4.78, 5) is 33.7. The third kappa shape index (κ3) is 5.22. The summed E-state index contributed by atoms with van der Waals surface area (Å²) in [6, 6.07) is 36.2. The number of thiazole rings is 1. The van der Waals surface area contributed by atoms with E-state index in [-0.39, 0.29) is 12.2 Å². The number of carbonyl (C=O) groups excluding carboxylic acids is 1. The SMILES string of the molecule is CCOC(=O)C1=C(C)N=c2s/c(=C\c3cc(-c4ccccc4)n(-c4ccccc4)c3-c3ccccc3)c(=O)n2[C@H]1c1cccs1. The fraction of sp³-hybridized carbons (Fsp3) is 0.108. The predicted octanol–water partition coefficient (Wildman–Crippen LogP) is 6.98. The number of nitrogens with zero attached hydrogens (tertiary/aromatic N) is 3. The first kappa shape index (κ1) is 28.7. The van der Waals surface area contributed by atoms with E-state index in [1.807, 2.05) is 85.1 Å². The van der Waals surface area contributed by atoms with Gasteiger partial charge in [0.2, 0.25) is 0 Å². The molecule has 0 unspecified atom stereocenters. The molecule has 6 nitrogen and oxygen atoms in total. The molecule has 0 bridgehead atoms. The Kier molecular flexibility index (Phi) is 7.75. The van der Waals surface area contributed by atoms with Crippen molar-refractivity contribution in [2.75, 3.05) is 6.61 Å². The molecule has 0 spiro atoms. The molecule has 45 heavy (non-hydrogen) atoms. The van der Waals surface area contributed by atoms with E-state index in [0.717, 1.165) is 38.6 Å². The minimum atomic E-state index is -0.607. The molecule has 1 aliphatic heterocycles. The average molecular weight is 628 g/mol. The van der Waals surface area contributed by atoms with Crippen molar-refractivity contribution < 1.29 is 9.53 Å². The van der Waals surface area contributed by atoms with Gasteiger partial charge in [-0.3, -0.25) is 9.36 Å². The quantitative estimate of drug-likeness (QED) is 0.179. The Bertz CT molecular complexity index is 2210. The van der Waals surface area contributed by atoms with Crippen molar-refractivity contribution in [3.63, 3.8) is 0 Å². The summed E-state index contributed by atoms with van der Waals surface area (Å²) in [5.74, 6) is -0.453. The summed E-state index contributed by atoms with van der Waals surface area (Å²) >= 11 is 2.84. The minimum absolute atomic E-state index is 0.195. The molecule has 0 aliphatic carbocycles. The van der Waals surface area contributed by atoms with Gasteiger partial charge in [-0.2, -0.15) is 0 Å². The average Bonchev–Trinajstić information content (AvgIpc) is 3.80. The van der Waals surface area contributed by atoms with Crippen molar-refractivity contribution in [3.05, 3.63) is 156 Å². The van der Waals surface area contributed by atoms with Crippen LogP contribution in [0.2, 0.25) is 0 Å². The molecular formula is C37H29N3O3S2. The molecule has 0 fully saturated rings. The van der Waals surface area contributed by atoms with Crippen LogP contribution in [-0.2, 0) is 9.53 Å². The maximum absolute atomic E-state index is 14.3. The van der Waals surface area contributed by atoms with Gasteiger partial charge in [-0.15, -0.1) is 11.3 Å². The van der Waals surface area contributed by atoms with Gasteiger partial charge >= 0.3 is 5.97 Å². The van der Waals surface area contributed by atoms with Crippen LogP contribution in [0.4, 0.5) is 0 Å². The fourth-order valence-electron chi connectivity index (χ4n) is 5.85. The van der Waals surface area contributed by atoms with Gasteiger partial charge in [0.05, 0.1) is 33.8 Å². The zero-order valence-corrected chi connectivity index (χ0v) is 26.3. The first-order valence-electron chi connectivity index (χ1n) is 14.7. The lowest BCUT2D eigenvalue weighted by Crippen LogP contribution is -2.39. The predicted molar refractivity (Wildman–Crippen MR) is 181 cm³/mol. The van der Waals surface area contributed by atoms with Gasteiger partial charge in [0.1, 0.15) is 6.04 Å². The molecule has 1 aliphatic rings. The number of allylic oxidation sites excluding steroid dienone is 1. The molecule has 7 rings (SSSR count). The van der Waals surface area contributed by atoms with Gasteiger partial charge in [-0.05, 0) is 60.7 Å². The maximum atomic E-state index is 14.3. The Morgan fingerprint density at radius 2 is 1.58 bits per heavy atom. The summed E-state index contributed by atoms with van der Waals surface area (Å²) < 4.78 is 9.87. The molecule has 3 aromatic carbocycles. The lowest BCUT2D eigenvalue weighted by molar-refractivity contribution is -0.139. The number of aromatic nitrogens is 2. The highest BCUT2D eigenvalue weighted by Gasteiger charge is 2.34. The van der Waals surface area contributed by atoms with E-state index in [1.54, 1.807) is 11.5 Å². The topological polar surface area (TPSA) is 65.6 Å². The number of carbonyl (C=O) groups is 1. The van der Waals surface area contributed by atoms with E-state index < -0.39 is 12.0 Å². The van der Waals surface area contributed by atoms with E-state index in [2.05, 4.69) is 47.0 Å². The number of benzene rings is 3. The Labute approximate surface area is 268 Å². The summed E-state index contributed by atoms with van der Waals surface area (Å²) in [5.41, 5.74) is 6.76. The molecule has 6 aromatic rings. The number of ether oxygens (including phenoxy) is 1. The van der Waals surface area contributed by atoms with Crippen LogP contribution in [-0.4, -0.2) is 21.7 Å². The van der Waals surface area contributed by atoms with Crippen molar-refractivity contribution in [1.29, 1.82) is 0 Å². The second-order valence-electron chi connectivity index (χ2n) is 10.6. The summed E-state index contributed by atoms with van der Waals surface area (Å²) in [5, 5.41) is 1.95. The van der Waals surface area contributed by atoms with Crippen LogP contribution in [0.15, 0.2) is 136 Å². The van der Waals surface area contributed by atoms with Gasteiger partial charge in [-0.1, -0.05) is 96.3 Å². The highest BCUT2D eigenvalue weighted by molar-refractivity contribution is 7.10. The van der Waals surface area contributed by atoms with Crippen molar-refractivity contribution in [1.82, 2.24) is 9.13 Å². The van der Waals surface area contributed by atoms with Crippen LogP contribution in [0.3, 0.4) is 0 Å². The highest BCUT2D eigenvalue weighted by atomic mass is 32.1. The monoisotopic (exact) mass is 627 g/mol. The molecule has 8 heteroatoms. The Hall–Kier alpha value is -5.05. The van der Waals surface area contributed by atoms with Crippen molar-refractivity contribution in [2.45, 2.75) is 19.9 Å². The van der Waals surface area contributed by atoms with E-state index >= 15 is 0 Å². The summed E-state index contributed by atoms with van der Waals surface area (Å²) in [7, 11) is 0. The van der Waals surface area contributed by atoms with Crippen molar-refractivity contribution in [2.24, 2.45) is 4.99 Å². The number of hydrogen-bond donors (Lipinski definition) is 0. The smallest absolute Gasteiger partial charge is 0.338 e. The van der Waals surface area contributed by atoms with E-state index in [4.69, 9.17) is 9.73 Å². The molecule has 3 aromatic heterocycles. The van der Waals surface area contributed by atoms with Crippen LogP contribution in [0.5, 0.6) is 0 Å². The molecular weight excluding hydrogens is 599 g/mol. The number of esters is 1. The Balaban J connectivity index is 1.50. The summed E-state index contributed by atoms with van der Waals surface area (Å²) in [6.45, 7) is 3.82. The van der Waals surface area contributed by atoms with Crippen LogP contribution in [0, 0.1) is 0 Å². The number of hydrogen-bond acceptors (Lipinski definition) is 6. The maximum Gasteiger partial charge on any atom is 0.338 e. The molecule has 0 saturated carbocycles. The van der Waals surface area contributed by atoms with Gasteiger partial charge in [0, 0.05) is 16.1 Å². The number of para-hydroxylation sites is 1. The van der Waals surface area contributed by atoms with Crippen molar-refractivity contribution >= 4 is 34.7 Å². The van der Waals surface area contributed by atoms with Crippen molar-refractivity contribution in [3.8, 4) is 28.2 Å². The molecule has 0 N–H and O–H groups in total. The Morgan fingerprint density at radius 3 is 2.22 bits per heavy atom. The Morgan fingerprint density at radius 1 is 0.911 bits per heavy atom. The van der Waals surface area contributed by atoms with Gasteiger partial charge in [0.25, 0.3) is 5.56 Å². The first-order chi connectivity index (χ1) is 22.0. The number of thiophene rings is 1. The molecule has 4 heterocycles. The lowest BCUT2D eigenvalue weighted by atomic mass is 10.0. The van der Waals surface area contributed by atoms with Gasteiger partial charge < -0.3 is 9.30 Å². The van der Waals surface area contributed by atoms with E-state index in [1.165, 1.54) is 22.7 Å². The fourth-order valence-corrected chi connectivity index (χ4v) is 7.71. The summed E-state index contributed by atoms with van der Waals surface area (Å²) in [6.07, 6.45) is 1.97. The zero-order chi connectivity index (χ0) is 30.9. The largest absolute Gasteiger partial charge is 0.463 e. The second-order valence-corrected chi connectivity index (χ2v) is 12.5. The van der Waals surface area contributed by atoms with Gasteiger partial charge in [0.15, 0.2) is 4.80 Å². The van der Waals surface area contributed by atoms with Crippen LogP contribution in [0.1, 0.15) is 30.3 Å². The first-order valence-corrected chi connectivity index (χ1v) is 16.4. The minimum Gasteiger partial charge on any atom is -0.463 e. The molecule has 222 valence electrons. The standard InChI is InChI=1S/C37H29N3O3S2/c1-3-43-36(42)32-24(2)38-37-40(34(32)30-20-13-21-44-30)35(41)31(45-37)23-27-22-29(25-14-7-4-8-15-25)39(28-18-11-6-12-19-28)33(27)26-16-9-5-10-17-26/h4-23,34H,3H2,1-2H3/b31-23-/t34-/m0/s1. The third-order valence-electron chi connectivity index (χ3n) is 7.78. The molecule has 0 radical (unpaired) electrons. The molecule has 0 saturated heterocycles. The van der Waals surface area contributed by atoms with Crippen LogP contribution < -0.4 is 14.9 Å². The second kappa shape index (κ2) is 12.1. The zero-order valence-electron chi connectivity index (χ0n) is 24.7. The molecule has 0 amide bonds. The van der Waals surface area contributed by atoms with E-state index in [0.29, 0.717) is 20.6 Å². The highest BCUT2D eigenvalue weighted by Crippen LogP contribution is 2.37. The van der Waals surface area contributed by atoms with Crippen LogP contribution >= 0.6 is 22.7 Å². The normalized spacial score (nSPS) is 14.7. The van der Waals surface area contributed by atoms with Gasteiger partial charge in [-0.25, -0.2) is 9.79 Å². The molecule has 1 atom stereocenters. The number of rotatable bonds is 7. The van der Waals surface area contributed by atoms with Crippen LogP contribution in [0.25, 0.3) is 34.3 Å². The van der Waals surface area contributed by atoms with E-state index in [9.17, 15) is 9.59 Å². The third-order valence-corrected chi connectivity index (χ3v) is 9.69. The lowest BCUT2D eigenvalue weighted by Gasteiger charge is -2.23.